The zero-order chi connectivity index (χ0) is 30.5. The highest BCUT2D eigenvalue weighted by Gasteiger charge is 2.45. The van der Waals surface area contributed by atoms with E-state index in [2.05, 4.69) is 21.0 Å². The number of benzene rings is 2. The van der Waals surface area contributed by atoms with Crippen LogP contribution in [-0.2, 0) is 11.3 Å². The zero-order valence-electron chi connectivity index (χ0n) is 25.3. The summed E-state index contributed by atoms with van der Waals surface area (Å²) >= 11 is 0. The van der Waals surface area contributed by atoms with Gasteiger partial charge in [-0.15, -0.1) is 6.42 Å². The molecule has 45 heavy (non-hydrogen) atoms. The molecule has 2 aromatic carbocycles. The largest absolute Gasteiger partial charge is 0.508 e. The standard InChI is InChI=1S/C34H38FN7O3/c1-2-27-28(35)7-4-22-14-26(43)15-23(29(22)27)16-42-21-36-30-31(42)38-33(41-17-24-5-6-25(18-41)37-24)39-32(30)45-20-34(8-9-34)19-40-10-3-12-44-13-11-40/h1,4,7,14-15,21,24-25,37,43H,3,5-6,8-13,16-20H2/t24-,25+. The predicted molar refractivity (Wildman–Crippen MR) is 169 cm³/mol. The number of nitrogens with one attached hydrogen (secondary N) is 1. The number of rotatable bonds is 8. The smallest absolute Gasteiger partial charge is 0.247 e. The first-order chi connectivity index (χ1) is 22.0. The van der Waals surface area contributed by atoms with E-state index in [-0.39, 0.29) is 23.3 Å². The number of nitrogens with zero attached hydrogens (tertiary/aromatic N) is 6. The summed E-state index contributed by atoms with van der Waals surface area (Å²) in [7, 11) is 0. The number of hydrogen-bond acceptors (Lipinski definition) is 9. The summed E-state index contributed by atoms with van der Waals surface area (Å²) in [5.74, 6) is 3.24. The molecule has 11 heteroatoms. The van der Waals surface area contributed by atoms with Gasteiger partial charge in [0.05, 0.1) is 31.6 Å². The molecule has 234 valence electrons. The number of piperazine rings is 1. The van der Waals surface area contributed by atoms with Gasteiger partial charge in [0.1, 0.15) is 11.6 Å². The topological polar surface area (TPSA) is 101 Å². The monoisotopic (exact) mass is 611 g/mol. The Morgan fingerprint density at radius 3 is 2.78 bits per heavy atom. The number of aromatic nitrogens is 4. The number of imidazole rings is 1. The summed E-state index contributed by atoms with van der Waals surface area (Å²) in [6.45, 7) is 7.11. The third-order valence-corrected chi connectivity index (χ3v) is 9.88. The number of phenols is 1. The fraction of sp³-hybridized carbons (Fsp3) is 0.500. The molecule has 10 nitrogen and oxygen atoms in total. The molecule has 2 aromatic heterocycles. The Labute approximate surface area is 261 Å². The van der Waals surface area contributed by atoms with Gasteiger partial charge in [0.2, 0.25) is 11.8 Å². The molecule has 3 saturated heterocycles. The van der Waals surface area contributed by atoms with Crippen LogP contribution in [0.1, 0.15) is 43.2 Å². The summed E-state index contributed by atoms with van der Waals surface area (Å²) in [4.78, 5) is 19.5. The maximum Gasteiger partial charge on any atom is 0.247 e. The molecule has 2 atom stereocenters. The number of phenolic OH excluding ortho intramolecular Hbond substituents is 1. The minimum atomic E-state index is -0.470. The van der Waals surface area contributed by atoms with Crippen LogP contribution in [0.25, 0.3) is 21.9 Å². The van der Waals surface area contributed by atoms with Gasteiger partial charge in [-0.3, -0.25) is 0 Å². The minimum absolute atomic E-state index is 0.0813. The molecule has 1 aliphatic carbocycles. The van der Waals surface area contributed by atoms with E-state index < -0.39 is 5.82 Å². The first-order valence-electron chi connectivity index (χ1n) is 16.0. The molecular weight excluding hydrogens is 573 g/mol. The Morgan fingerprint density at radius 2 is 1.98 bits per heavy atom. The van der Waals surface area contributed by atoms with E-state index in [1.807, 2.05) is 4.57 Å². The molecule has 8 rings (SSSR count). The van der Waals surface area contributed by atoms with Gasteiger partial charge < -0.3 is 34.3 Å². The van der Waals surface area contributed by atoms with Gasteiger partial charge in [0, 0.05) is 62.2 Å². The number of halogens is 1. The van der Waals surface area contributed by atoms with E-state index in [0.29, 0.717) is 58.0 Å². The quantitative estimate of drug-likeness (QED) is 0.289. The number of ether oxygens (including phenoxy) is 2. The predicted octanol–water partition coefficient (Wildman–Crippen LogP) is 3.68. The third kappa shape index (κ3) is 5.56. The molecule has 0 spiro atoms. The molecule has 2 N–H and O–H groups in total. The lowest BCUT2D eigenvalue weighted by Gasteiger charge is -2.33. The van der Waals surface area contributed by atoms with Gasteiger partial charge in [-0.25, -0.2) is 9.37 Å². The Balaban J connectivity index is 1.15. The van der Waals surface area contributed by atoms with Crippen LogP contribution in [0, 0.1) is 23.6 Å². The summed E-state index contributed by atoms with van der Waals surface area (Å²) in [6.07, 6.45) is 13.1. The first-order valence-corrected chi connectivity index (χ1v) is 16.0. The van der Waals surface area contributed by atoms with Crippen molar-refractivity contribution in [1.29, 1.82) is 0 Å². The van der Waals surface area contributed by atoms with E-state index in [1.54, 1.807) is 24.5 Å². The van der Waals surface area contributed by atoms with Crippen LogP contribution in [0.5, 0.6) is 11.6 Å². The number of aromatic hydroxyl groups is 1. The molecule has 5 heterocycles. The van der Waals surface area contributed by atoms with Crippen molar-refractivity contribution in [3.63, 3.8) is 0 Å². The van der Waals surface area contributed by atoms with E-state index in [4.69, 9.17) is 30.8 Å². The summed E-state index contributed by atoms with van der Waals surface area (Å²) in [5, 5.41) is 15.5. The van der Waals surface area contributed by atoms with Crippen molar-refractivity contribution in [2.24, 2.45) is 5.41 Å². The van der Waals surface area contributed by atoms with Crippen LogP contribution >= 0.6 is 0 Å². The molecule has 0 amide bonds. The fourth-order valence-corrected chi connectivity index (χ4v) is 7.36. The van der Waals surface area contributed by atoms with Crippen LogP contribution in [0.2, 0.25) is 0 Å². The van der Waals surface area contributed by atoms with Crippen molar-refractivity contribution in [1.82, 2.24) is 29.7 Å². The van der Waals surface area contributed by atoms with Crippen molar-refractivity contribution < 1.29 is 19.0 Å². The molecule has 0 radical (unpaired) electrons. The average Bonchev–Trinajstić information content (AvgIpc) is 3.66. The Kier molecular flexibility index (Phi) is 7.24. The molecule has 0 unspecified atom stereocenters. The molecular formula is C34H38FN7O3. The molecule has 4 aliphatic rings. The maximum absolute atomic E-state index is 14.8. The van der Waals surface area contributed by atoms with E-state index in [0.717, 1.165) is 78.0 Å². The Morgan fingerprint density at radius 1 is 1.13 bits per heavy atom. The summed E-state index contributed by atoms with van der Waals surface area (Å²) in [5.41, 5.74) is 2.18. The lowest BCUT2D eigenvalue weighted by Crippen LogP contribution is -2.51. The average molecular weight is 612 g/mol. The summed E-state index contributed by atoms with van der Waals surface area (Å²) in [6, 6.07) is 7.04. The fourth-order valence-electron chi connectivity index (χ4n) is 7.36. The van der Waals surface area contributed by atoms with E-state index >= 15 is 0 Å². The van der Waals surface area contributed by atoms with E-state index in [9.17, 15) is 9.50 Å². The highest BCUT2D eigenvalue weighted by atomic mass is 19.1. The van der Waals surface area contributed by atoms with Crippen molar-refractivity contribution in [3.05, 3.63) is 47.5 Å². The van der Waals surface area contributed by atoms with Crippen molar-refractivity contribution in [2.45, 2.75) is 50.7 Å². The summed E-state index contributed by atoms with van der Waals surface area (Å²) < 4.78 is 28.9. The highest BCUT2D eigenvalue weighted by Crippen LogP contribution is 2.47. The SMILES string of the molecule is C#Cc1c(F)ccc2cc(O)cc(Cn3cnc4c(OCC5(CN6CCCOCC6)CC5)nc(N5C[C@H]6CC[C@@H](C5)N6)nc43)c12. The molecule has 3 aliphatic heterocycles. The normalized spacial score (nSPS) is 22.9. The lowest BCUT2D eigenvalue weighted by atomic mass is 9.98. The van der Waals surface area contributed by atoms with Crippen LogP contribution in [0.3, 0.4) is 0 Å². The second kappa shape index (κ2) is 11.4. The van der Waals surface area contributed by atoms with Crippen LogP contribution in [-0.4, -0.2) is 94.2 Å². The van der Waals surface area contributed by atoms with Crippen LogP contribution < -0.4 is 15.0 Å². The number of hydrogen-bond donors (Lipinski definition) is 2. The number of fused-ring (bicyclic) bond motifs is 4. The second-order valence-electron chi connectivity index (χ2n) is 13.2. The third-order valence-electron chi connectivity index (χ3n) is 9.88. The van der Waals surface area contributed by atoms with Crippen LogP contribution in [0.4, 0.5) is 10.3 Å². The van der Waals surface area contributed by atoms with Gasteiger partial charge in [-0.2, -0.15) is 9.97 Å². The van der Waals surface area contributed by atoms with Gasteiger partial charge in [0.15, 0.2) is 11.2 Å². The minimum Gasteiger partial charge on any atom is -0.508 e. The number of anilines is 1. The van der Waals surface area contributed by atoms with Crippen molar-refractivity contribution in [3.8, 4) is 24.0 Å². The Hall–Kier alpha value is -3.98. The maximum atomic E-state index is 14.8. The Bertz CT molecular complexity index is 1780. The molecule has 2 bridgehead atoms. The van der Waals surface area contributed by atoms with Gasteiger partial charge >= 0.3 is 0 Å². The van der Waals surface area contributed by atoms with Gasteiger partial charge in [0.25, 0.3) is 0 Å². The second-order valence-corrected chi connectivity index (χ2v) is 13.2. The first kappa shape index (κ1) is 28.5. The number of terminal acetylenes is 1. The van der Waals surface area contributed by atoms with E-state index in [1.165, 1.54) is 6.07 Å². The van der Waals surface area contributed by atoms with Crippen molar-refractivity contribution in [2.75, 3.05) is 57.4 Å². The lowest BCUT2D eigenvalue weighted by molar-refractivity contribution is 0.128. The molecule has 1 saturated carbocycles. The molecule has 4 fully saturated rings. The molecule has 4 aromatic rings. The highest BCUT2D eigenvalue weighted by molar-refractivity contribution is 5.92. The van der Waals surface area contributed by atoms with Crippen molar-refractivity contribution >= 4 is 27.9 Å². The van der Waals surface area contributed by atoms with Gasteiger partial charge in [-0.1, -0.05) is 12.0 Å². The van der Waals surface area contributed by atoms with Crippen LogP contribution in [0.15, 0.2) is 30.6 Å². The zero-order valence-corrected chi connectivity index (χ0v) is 25.3. The van der Waals surface area contributed by atoms with Gasteiger partial charge in [-0.05, 0) is 61.3 Å².